The first-order valence-electron chi connectivity index (χ1n) is 4.88. The Morgan fingerprint density at radius 2 is 2.27 bits per heavy atom. The number of hydrogen-bond acceptors (Lipinski definition) is 5. The van der Waals surface area contributed by atoms with Crippen LogP contribution in [-0.4, -0.2) is 42.1 Å². The van der Waals surface area contributed by atoms with Crippen LogP contribution in [0.5, 0.6) is 0 Å². The maximum Gasteiger partial charge on any atom is 0.350 e. The van der Waals surface area contributed by atoms with Gasteiger partial charge in [0, 0.05) is 30.8 Å². The number of rotatable bonds is 3. The molecule has 0 aliphatic carbocycles. The Morgan fingerprint density at radius 1 is 1.60 bits per heavy atom. The Hall–Kier alpha value is -1.15. The van der Waals surface area contributed by atoms with Gasteiger partial charge >= 0.3 is 5.97 Å². The van der Waals surface area contributed by atoms with E-state index in [9.17, 15) is 4.79 Å². The van der Waals surface area contributed by atoms with Gasteiger partial charge in [-0.25, -0.2) is 4.79 Å². The lowest BCUT2D eigenvalue weighted by Gasteiger charge is -2.24. The van der Waals surface area contributed by atoms with E-state index in [-0.39, 0.29) is 5.57 Å². The molecule has 4 nitrogen and oxygen atoms in total. The third-order valence-electron chi connectivity index (χ3n) is 1.97. The molecule has 1 aliphatic heterocycles. The van der Waals surface area contributed by atoms with Gasteiger partial charge in [0.2, 0.25) is 0 Å². The summed E-state index contributed by atoms with van der Waals surface area (Å²) in [5.74, 6) is 1.55. The maximum absolute atomic E-state index is 11.3. The predicted molar refractivity (Wildman–Crippen MR) is 59.2 cm³/mol. The van der Waals surface area contributed by atoms with E-state index in [0.717, 1.165) is 24.6 Å². The second kappa shape index (κ2) is 6.36. The highest BCUT2D eigenvalue weighted by Gasteiger charge is 2.13. The topological polar surface area (TPSA) is 53.3 Å². The van der Waals surface area contributed by atoms with Crippen LogP contribution in [-0.2, 0) is 9.53 Å². The fraction of sp³-hybridized carbons (Fsp3) is 0.600. The second-order valence-corrected chi connectivity index (χ2v) is 4.25. The highest BCUT2D eigenvalue weighted by molar-refractivity contribution is 7.99. The first-order valence-corrected chi connectivity index (χ1v) is 6.04. The van der Waals surface area contributed by atoms with Crippen LogP contribution in [0, 0.1) is 11.3 Å². The summed E-state index contributed by atoms with van der Waals surface area (Å²) in [5.41, 5.74) is 0.0868. The van der Waals surface area contributed by atoms with Crippen LogP contribution in [0.15, 0.2) is 11.8 Å². The van der Waals surface area contributed by atoms with Gasteiger partial charge in [0.1, 0.15) is 6.07 Å². The zero-order valence-corrected chi connectivity index (χ0v) is 9.55. The zero-order chi connectivity index (χ0) is 11.1. The standard InChI is InChI=1S/C10H14N2O2S/c1-2-14-10(13)9(7-11)8-12-3-5-15-6-4-12/h8H,2-6H2,1H3. The lowest BCUT2D eigenvalue weighted by Crippen LogP contribution is -2.28. The fourth-order valence-corrected chi connectivity index (χ4v) is 2.16. The Balaban J connectivity index is 2.60. The molecule has 0 atom stereocenters. The first kappa shape index (κ1) is 11.9. The Kier molecular flexibility index (Phi) is 5.05. The van der Waals surface area contributed by atoms with Crippen LogP contribution in [0.25, 0.3) is 0 Å². The van der Waals surface area contributed by atoms with Gasteiger partial charge in [-0.1, -0.05) is 0 Å². The fourth-order valence-electron chi connectivity index (χ4n) is 1.23. The molecule has 0 saturated carbocycles. The summed E-state index contributed by atoms with van der Waals surface area (Å²) in [5, 5.41) is 8.80. The van der Waals surface area contributed by atoms with Gasteiger partial charge < -0.3 is 9.64 Å². The number of thioether (sulfide) groups is 1. The predicted octanol–water partition coefficient (Wildman–Crippen LogP) is 1.01. The van der Waals surface area contributed by atoms with Crippen molar-refractivity contribution in [3.63, 3.8) is 0 Å². The Morgan fingerprint density at radius 3 is 2.80 bits per heavy atom. The molecule has 1 saturated heterocycles. The summed E-state index contributed by atoms with van der Waals surface area (Å²) in [4.78, 5) is 13.3. The minimum atomic E-state index is -0.529. The van der Waals surface area contributed by atoms with E-state index < -0.39 is 5.97 Å². The molecule has 15 heavy (non-hydrogen) atoms. The molecule has 1 fully saturated rings. The molecular weight excluding hydrogens is 212 g/mol. The van der Waals surface area contributed by atoms with Crippen LogP contribution in [0.1, 0.15) is 6.92 Å². The third-order valence-corrected chi connectivity index (χ3v) is 2.92. The number of carbonyl (C=O) groups excluding carboxylic acids is 1. The normalized spacial score (nSPS) is 17.1. The van der Waals surface area contributed by atoms with E-state index in [0.29, 0.717) is 6.61 Å². The molecule has 0 bridgehead atoms. The van der Waals surface area contributed by atoms with E-state index >= 15 is 0 Å². The number of nitriles is 1. The molecule has 1 aliphatic rings. The molecule has 1 rings (SSSR count). The van der Waals surface area contributed by atoms with Crippen molar-refractivity contribution in [2.24, 2.45) is 0 Å². The lowest BCUT2D eigenvalue weighted by molar-refractivity contribution is -0.138. The second-order valence-electron chi connectivity index (χ2n) is 3.02. The summed E-state index contributed by atoms with van der Waals surface area (Å²) in [6.07, 6.45) is 1.61. The molecule has 0 radical (unpaired) electrons. The zero-order valence-electron chi connectivity index (χ0n) is 8.73. The van der Waals surface area contributed by atoms with Crippen LogP contribution in [0.3, 0.4) is 0 Å². The van der Waals surface area contributed by atoms with Gasteiger partial charge in [0.15, 0.2) is 5.57 Å². The smallest absolute Gasteiger partial charge is 0.350 e. The molecule has 5 heteroatoms. The number of esters is 1. The van der Waals surface area contributed by atoms with E-state index in [1.54, 1.807) is 13.1 Å². The molecule has 0 N–H and O–H groups in total. The molecule has 0 spiro atoms. The first-order chi connectivity index (χ1) is 7.27. The average Bonchev–Trinajstić information content (AvgIpc) is 2.27. The molecule has 0 aromatic rings. The highest BCUT2D eigenvalue weighted by Crippen LogP contribution is 2.11. The van der Waals surface area contributed by atoms with Gasteiger partial charge in [-0.05, 0) is 6.92 Å². The SMILES string of the molecule is CCOC(=O)C(C#N)=CN1CCSCC1. The number of hydrogen-bond donors (Lipinski definition) is 0. The van der Waals surface area contributed by atoms with Crippen molar-refractivity contribution in [1.82, 2.24) is 4.90 Å². The monoisotopic (exact) mass is 226 g/mol. The number of ether oxygens (including phenoxy) is 1. The molecular formula is C10H14N2O2S. The molecule has 0 aromatic heterocycles. The van der Waals surface area contributed by atoms with Crippen LogP contribution in [0.2, 0.25) is 0 Å². The van der Waals surface area contributed by atoms with Crippen LogP contribution >= 0.6 is 11.8 Å². The lowest BCUT2D eigenvalue weighted by atomic mass is 10.3. The molecule has 1 heterocycles. The van der Waals surface area contributed by atoms with Crippen molar-refractivity contribution < 1.29 is 9.53 Å². The van der Waals surface area contributed by atoms with Crippen molar-refractivity contribution in [3.8, 4) is 6.07 Å². The minimum absolute atomic E-state index is 0.0868. The third kappa shape index (κ3) is 3.84. The van der Waals surface area contributed by atoms with E-state index in [2.05, 4.69) is 0 Å². The molecule has 0 amide bonds. The summed E-state index contributed by atoms with van der Waals surface area (Å²) in [6, 6.07) is 1.87. The average molecular weight is 226 g/mol. The van der Waals surface area contributed by atoms with Crippen molar-refractivity contribution in [1.29, 1.82) is 5.26 Å². The number of nitrogens with zero attached hydrogens (tertiary/aromatic N) is 2. The van der Waals surface area contributed by atoms with E-state index in [4.69, 9.17) is 10.00 Å². The summed E-state index contributed by atoms with van der Waals surface area (Å²) in [7, 11) is 0. The van der Waals surface area contributed by atoms with Crippen molar-refractivity contribution in [2.75, 3.05) is 31.2 Å². The van der Waals surface area contributed by atoms with Crippen LogP contribution < -0.4 is 0 Å². The van der Waals surface area contributed by atoms with Crippen molar-refractivity contribution in [3.05, 3.63) is 11.8 Å². The summed E-state index contributed by atoms with van der Waals surface area (Å²) < 4.78 is 4.77. The Labute approximate surface area is 93.9 Å². The van der Waals surface area contributed by atoms with E-state index in [1.807, 2.05) is 22.7 Å². The van der Waals surface area contributed by atoms with Gasteiger partial charge in [0.25, 0.3) is 0 Å². The van der Waals surface area contributed by atoms with Crippen LogP contribution in [0.4, 0.5) is 0 Å². The summed E-state index contributed by atoms with van der Waals surface area (Å²) >= 11 is 1.88. The Bertz CT molecular complexity index is 290. The molecule has 0 unspecified atom stereocenters. The minimum Gasteiger partial charge on any atom is -0.462 e. The van der Waals surface area contributed by atoms with Gasteiger partial charge in [-0.15, -0.1) is 0 Å². The van der Waals surface area contributed by atoms with Gasteiger partial charge in [-0.3, -0.25) is 0 Å². The quantitative estimate of drug-likeness (QED) is 0.408. The van der Waals surface area contributed by atoms with E-state index in [1.165, 1.54) is 0 Å². The molecule has 82 valence electrons. The highest BCUT2D eigenvalue weighted by atomic mass is 32.2. The van der Waals surface area contributed by atoms with Gasteiger partial charge in [0.05, 0.1) is 6.61 Å². The molecule has 0 aromatic carbocycles. The maximum atomic E-state index is 11.3. The van der Waals surface area contributed by atoms with Gasteiger partial charge in [-0.2, -0.15) is 17.0 Å². The van der Waals surface area contributed by atoms with Crippen molar-refractivity contribution in [2.45, 2.75) is 6.92 Å². The van der Waals surface area contributed by atoms with Crippen molar-refractivity contribution >= 4 is 17.7 Å². The summed E-state index contributed by atoms with van der Waals surface area (Å²) in [6.45, 7) is 3.79. The number of carbonyl (C=O) groups is 1. The largest absolute Gasteiger partial charge is 0.462 e.